The number of benzene rings is 1. The summed E-state index contributed by atoms with van der Waals surface area (Å²) in [7, 11) is 2.01. The molecule has 80 valence electrons. The monoisotopic (exact) mass is 203 g/mol. The summed E-state index contributed by atoms with van der Waals surface area (Å²) in [5.74, 6) is 0.383. The van der Waals surface area contributed by atoms with Gasteiger partial charge in [0, 0.05) is 12.5 Å². The van der Waals surface area contributed by atoms with Crippen LogP contribution in [0, 0.1) is 0 Å². The van der Waals surface area contributed by atoms with Crippen molar-refractivity contribution in [3.63, 3.8) is 0 Å². The summed E-state index contributed by atoms with van der Waals surface area (Å²) in [6.07, 6.45) is 1.54. The molecular weight excluding hydrogens is 186 g/mol. The molecule has 2 heteroatoms. The van der Waals surface area contributed by atoms with Crippen molar-refractivity contribution >= 4 is 5.78 Å². The molecule has 1 unspecified atom stereocenters. The second-order valence-electron chi connectivity index (χ2n) is 4.30. The van der Waals surface area contributed by atoms with Crippen molar-refractivity contribution in [2.75, 3.05) is 7.05 Å². The largest absolute Gasteiger partial charge is 0.298 e. The summed E-state index contributed by atoms with van der Waals surface area (Å²) in [4.78, 5) is 13.9. The van der Waals surface area contributed by atoms with Crippen molar-refractivity contribution in [1.29, 1.82) is 0 Å². The minimum absolute atomic E-state index is 0.189. The summed E-state index contributed by atoms with van der Waals surface area (Å²) < 4.78 is 0. The number of rotatable bonds is 4. The summed E-state index contributed by atoms with van der Waals surface area (Å²) in [5, 5.41) is 0. The fraction of sp³-hybridized carbons (Fsp3) is 0.462. The molecule has 1 heterocycles. The zero-order valence-corrected chi connectivity index (χ0v) is 9.31. The predicted octanol–water partition coefficient (Wildman–Crippen LogP) is 1.89. The summed E-state index contributed by atoms with van der Waals surface area (Å²) in [6.45, 7) is 2.10. The number of likely N-dealkylation sites (N-methyl/N-ethyl adjacent to an activating group) is 1. The maximum atomic E-state index is 11.8. The third-order valence-corrected chi connectivity index (χ3v) is 3.28. The third kappa shape index (κ3) is 2.26. The topological polar surface area (TPSA) is 20.1 Å². The van der Waals surface area contributed by atoms with Crippen LogP contribution >= 0.6 is 0 Å². The number of nitrogens with zero attached hydrogens (tertiary/aromatic N) is 1. The molecule has 0 saturated carbocycles. The number of hydrogen-bond donors (Lipinski definition) is 0. The number of carbonyl (C=O) groups excluding carboxylic acids is 1. The van der Waals surface area contributed by atoms with Crippen molar-refractivity contribution in [2.24, 2.45) is 0 Å². The van der Waals surface area contributed by atoms with Crippen LogP contribution in [0.1, 0.15) is 18.9 Å². The highest BCUT2D eigenvalue weighted by molar-refractivity contribution is 5.87. The van der Waals surface area contributed by atoms with Crippen molar-refractivity contribution in [2.45, 2.75) is 31.8 Å². The van der Waals surface area contributed by atoms with Gasteiger partial charge in [-0.25, -0.2) is 0 Å². The van der Waals surface area contributed by atoms with E-state index in [1.165, 1.54) is 5.56 Å². The molecular formula is C13H17NO. The van der Waals surface area contributed by atoms with Crippen molar-refractivity contribution in [3.05, 3.63) is 35.9 Å². The Morgan fingerprint density at radius 1 is 1.33 bits per heavy atom. The first-order chi connectivity index (χ1) is 7.20. The average Bonchev–Trinajstić information content (AvgIpc) is 2.85. The maximum absolute atomic E-state index is 11.8. The molecule has 1 aromatic carbocycles. The molecule has 1 fully saturated rings. The van der Waals surface area contributed by atoms with Gasteiger partial charge in [-0.15, -0.1) is 0 Å². The maximum Gasteiger partial charge on any atom is 0.151 e. The van der Waals surface area contributed by atoms with Gasteiger partial charge in [-0.05, 0) is 26.0 Å². The average molecular weight is 203 g/mol. The molecule has 1 saturated heterocycles. The van der Waals surface area contributed by atoms with E-state index < -0.39 is 0 Å². The summed E-state index contributed by atoms with van der Waals surface area (Å²) in [6, 6.07) is 10.8. The Hall–Kier alpha value is -1.15. The zero-order valence-electron chi connectivity index (χ0n) is 9.31. The molecule has 0 N–H and O–H groups in total. The summed E-state index contributed by atoms with van der Waals surface area (Å²) in [5.41, 5.74) is 1.25. The van der Waals surface area contributed by atoms with Gasteiger partial charge < -0.3 is 0 Å². The highest BCUT2D eigenvalue weighted by Crippen LogP contribution is 2.26. The van der Waals surface area contributed by atoms with Crippen LogP contribution < -0.4 is 0 Å². The second kappa shape index (κ2) is 4.15. The summed E-state index contributed by atoms with van der Waals surface area (Å²) >= 11 is 0. The Morgan fingerprint density at radius 2 is 1.93 bits per heavy atom. The first-order valence-electron chi connectivity index (χ1n) is 5.48. The number of aryl methyl sites for hydroxylation is 1. The Morgan fingerprint density at radius 3 is 2.47 bits per heavy atom. The lowest BCUT2D eigenvalue weighted by molar-refractivity contribution is -0.119. The highest BCUT2D eigenvalue weighted by Gasteiger charge is 2.45. The molecule has 1 aliphatic heterocycles. The lowest BCUT2D eigenvalue weighted by Gasteiger charge is -1.99. The van der Waals surface area contributed by atoms with E-state index in [-0.39, 0.29) is 6.04 Å². The van der Waals surface area contributed by atoms with Crippen LogP contribution in [0.3, 0.4) is 0 Å². The van der Waals surface area contributed by atoms with Crippen molar-refractivity contribution in [3.8, 4) is 0 Å². The molecule has 0 bridgehead atoms. The molecule has 1 aromatic rings. The molecule has 2 nitrogen and oxygen atoms in total. The SMILES string of the molecule is C[C@H]1[C@@H](C(=O)CCc2ccccc2)N1C. The second-order valence-corrected chi connectivity index (χ2v) is 4.30. The highest BCUT2D eigenvalue weighted by atomic mass is 16.1. The Kier molecular flexibility index (Phi) is 2.87. The molecule has 15 heavy (non-hydrogen) atoms. The number of ketones is 1. The Balaban J connectivity index is 1.82. The minimum atomic E-state index is 0.189. The van der Waals surface area contributed by atoms with Crippen LogP contribution in [0.2, 0.25) is 0 Å². The van der Waals surface area contributed by atoms with Crippen LogP contribution in [0.5, 0.6) is 0 Å². The molecule has 0 aliphatic carbocycles. The fourth-order valence-corrected chi connectivity index (χ4v) is 2.05. The molecule has 3 atom stereocenters. The molecule has 2 rings (SSSR count). The molecule has 0 spiro atoms. The molecule has 1 aliphatic rings. The smallest absolute Gasteiger partial charge is 0.151 e. The van der Waals surface area contributed by atoms with E-state index in [2.05, 4.69) is 24.0 Å². The van der Waals surface area contributed by atoms with E-state index >= 15 is 0 Å². The third-order valence-electron chi connectivity index (χ3n) is 3.28. The van der Waals surface area contributed by atoms with Crippen LogP contribution in [-0.2, 0) is 11.2 Å². The van der Waals surface area contributed by atoms with E-state index in [0.29, 0.717) is 18.2 Å². The van der Waals surface area contributed by atoms with E-state index in [0.717, 1.165) is 6.42 Å². The van der Waals surface area contributed by atoms with Gasteiger partial charge >= 0.3 is 0 Å². The van der Waals surface area contributed by atoms with E-state index in [9.17, 15) is 4.79 Å². The zero-order chi connectivity index (χ0) is 10.8. The first kappa shape index (κ1) is 10.4. The first-order valence-corrected chi connectivity index (χ1v) is 5.48. The van der Waals surface area contributed by atoms with Gasteiger partial charge in [0.2, 0.25) is 0 Å². The van der Waals surface area contributed by atoms with Gasteiger partial charge in [-0.2, -0.15) is 0 Å². The normalized spacial score (nSPS) is 28.8. The van der Waals surface area contributed by atoms with Gasteiger partial charge in [0.15, 0.2) is 5.78 Å². The van der Waals surface area contributed by atoms with Gasteiger partial charge in [0.25, 0.3) is 0 Å². The van der Waals surface area contributed by atoms with Crippen LogP contribution in [-0.4, -0.2) is 29.8 Å². The van der Waals surface area contributed by atoms with E-state index in [1.54, 1.807) is 0 Å². The fourth-order valence-electron chi connectivity index (χ4n) is 2.05. The van der Waals surface area contributed by atoms with Gasteiger partial charge in [0.05, 0.1) is 6.04 Å². The lowest BCUT2D eigenvalue weighted by Crippen LogP contribution is -2.12. The number of carbonyl (C=O) groups is 1. The quantitative estimate of drug-likeness (QED) is 0.696. The predicted molar refractivity (Wildman–Crippen MR) is 60.8 cm³/mol. The van der Waals surface area contributed by atoms with Crippen molar-refractivity contribution < 1.29 is 4.79 Å². The van der Waals surface area contributed by atoms with Gasteiger partial charge in [-0.3, -0.25) is 9.69 Å². The molecule has 0 aromatic heterocycles. The standard InChI is InChI=1S/C13H17NO/c1-10-13(14(10)2)12(15)9-8-11-6-4-3-5-7-11/h3-7,10,13H,8-9H2,1-2H3/t10-,13-,14?/m0/s1. The van der Waals surface area contributed by atoms with E-state index in [4.69, 9.17) is 0 Å². The number of hydrogen-bond acceptors (Lipinski definition) is 2. The van der Waals surface area contributed by atoms with E-state index in [1.807, 2.05) is 25.2 Å². The number of Topliss-reactive ketones (excluding diaryl/α,β-unsaturated/α-hetero) is 1. The van der Waals surface area contributed by atoms with Crippen LogP contribution in [0.15, 0.2) is 30.3 Å². The van der Waals surface area contributed by atoms with Crippen LogP contribution in [0.4, 0.5) is 0 Å². The Bertz CT molecular complexity index is 339. The van der Waals surface area contributed by atoms with Gasteiger partial charge in [0.1, 0.15) is 0 Å². The van der Waals surface area contributed by atoms with Gasteiger partial charge in [-0.1, -0.05) is 30.3 Å². The van der Waals surface area contributed by atoms with Crippen molar-refractivity contribution in [1.82, 2.24) is 4.90 Å². The Labute approximate surface area is 90.9 Å². The molecule has 0 amide bonds. The van der Waals surface area contributed by atoms with Crippen LogP contribution in [0.25, 0.3) is 0 Å². The minimum Gasteiger partial charge on any atom is -0.298 e. The molecule has 0 radical (unpaired) electrons. The lowest BCUT2D eigenvalue weighted by atomic mass is 10.1.